The highest BCUT2D eigenvalue weighted by Crippen LogP contribution is 2.13. The molecule has 11 heteroatoms. The van der Waals surface area contributed by atoms with Crippen molar-refractivity contribution in [3.8, 4) is 0 Å². The van der Waals surface area contributed by atoms with Gasteiger partial charge in [-0.25, -0.2) is 9.59 Å². The highest BCUT2D eigenvalue weighted by Gasteiger charge is 2.33. The number of nitrogens with zero attached hydrogens (tertiary/aromatic N) is 1. The Hall–Kier alpha value is -2.98. The van der Waals surface area contributed by atoms with Gasteiger partial charge in [-0.1, -0.05) is 26.7 Å². The third-order valence-electron chi connectivity index (χ3n) is 4.12. The maximum atomic E-state index is 12.2. The highest BCUT2D eigenvalue weighted by atomic mass is 16.7. The molecule has 31 heavy (non-hydrogen) atoms. The number of ether oxygens (including phenoxy) is 3. The summed E-state index contributed by atoms with van der Waals surface area (Å²) in [7, 11) is 0. The Kier molecular flexibility index (Phi) is 11.9. The zero-order valence-electron chi connectivity index (χ0n) is 17.9. The van der Waals surface area contributed by atoms with Gasteiger partial charge in [-0.05, 0) is 12.8 Å². The van der Waals surface area contributed by atoms with Crippen LogP contribution < -0.4 is 0 Å². The number of hydrogen-bond acceptors (Lipinski definition) is 10. The van der Waals surface area contributed by atoms with Crippen molar-refractivity contribution < 1.29 is 47.8 Å². The van der Waals surface area contributed by atoms with E-state index in [9.17, 15) is 28.8 Å². The van der Waals surface area contributed by atoms with Gasteiger partial charge in [0.05, 0.1) is 32.5 Å². The molecule has 1 aliphatic heterocycles. The number of esters is 3. The van der Waals surface area contributed by atoms with Gasteiger partial charge in [0.1, 0.15) is 0 Å². The molecular formula is C20H29NO10. The van der Waals surface area contributed by atoms with Gasteiger partial charge < -0.3 is 19.0 Å². The molecule has 0 aliphatic carbocycles. The van der Waals surface area contributed by atoms with E-state index in [-0.39, 0.29) is 26.1 Å². The first kappa shape index (κ1) is 26.1. The molecule has 0 saturated carbocycles. The van der Waals surface area contributed by atoms with Crippen LogP contribution in [0.4, 0.5) is 0 Å². The summed E-state index contributed by atoms with van der Waals surface area (Å²) in [6.45, 7) is 4.11. The fraction of sp³-hybridized carbons (Fsp3) is 0.700. The first-order valence-corrected chi connectivity index (χ1v) is 10.4. The fourth-order valence-corrected chi connectivity index (χ4v) is 2.35. The van der Waals surface area contributed by atoms with E-state index >= 15 is 0 Å². The molecule has 1 saturated heterocycles. The molecule has 0 bridgehead atoms. The molecule has 174 valence electrons. The Labute approximate surface area is 180 Å². The molecule has 0 aromatic carbocycles. The lowest BCUT2D eigenvalue weighted by Gasteiger charge is -2.17. The monoisotopic (exact) mass is 443 g/mol. The van der Waals surface area contributed by atoms with Crippen LogP contribution in [0.1, 0.15) is 71.6 Å². The van der Waals surface area contributed by atoms with Gasteiger partial charge in [-0.3, -0.25) is 19.2 Å². The first-order valence-electron chi connectivity index (χ1n) is 10.4. The first-order chi connectivity index (χ1) is 14.8. The lowest BCUT2D eigenvalue weighted by Crippen LogP contribution is -2.33. The minimum atomic E-state index is -1.50. The van der Waals surface area contributed by atoms with Gasteiger partial charge >= 0.3 is 23.9 Å². The quantitative estimate of drug-likeness (QED) is 0.167. The van der Waals surface area contributed by atoms with E-state index in [2.05, 4.69) is 4.84 Å². The lowest BCUT2D eigenvalue weighted by atomic mass is 10.2. The SMILES string of the molecule is CCCCOC(=O)C[C@H](OC(=O)CCC(=O)ON1C(=O)CCC1=O)C(=O)OCCCC. The van der Waals surface area contributed by atoms with Gasteiger partial charge in [-0.2, -0.15) is 0 Å². The minimum Gasteiger partial charge on any atom is -0.466 e. The second-order valence-electron chi connectivity index (χ2n) is 6.82. The molecule has 11 nitrogen and oxygen atoms in total. The zero-order chi connectivity index (χ0) is 23.2. The van der Waals surface area contributed by atoms with Crippen LogP contribution in [-0.4, -0.2) is 60.1 Å². The summed E-state index contributed by atoms with van der Waals surface area (Å²) < 4.78 is 15.0. The molecule has 1 atom stereocenters. The van der Waals surface area contributed by atoms with Crippen molar-refractivity contribution in [1.82, 2.24) is 5.06 Å². The normalized spacial score (nSPS) is 14.2. The van der Waals surface area contributed by atoms with E-state index in [4.69, 9.17) is 14.2 Å². The number of carbonyl (C=O) groups excluding carboxylic acids is 6. The second-order valence-corrected chi connectivity index (χ2v) is 6.82. The van der Waals surface area contributed by atoms with Crippen LogP contribution in [0.2, 0.25) is 0 Å². The summed E-state index contributed by atoms with van der Waals surface area (Å²) in [4.78, 5) is 75.4. The molecule has 2 amide bonds. The van der Waals surface area contributed by atoms with Crippen molar-refractivity contribution >= 4 is 35.7 Å². The summed E-state index contributed by atoms with van der Waals surface area (Å²) >= 11 is 0. The number of hydrogen-bond donors (Lipinski definition) is 0. The van der Waals surface area contributed by atoms with Crippen LogP contribution in [0.15, 0.2) is 0 Å². The van der Waals surface area contributed by atoms with Crippen molar-refractivity contribution in [1.29, 1.82) is 0 Å². The third kappa shape index (κ3) is 10.1. The van der Waals surface area contributed by atoms with Crippen molar-refractivity contribution in [2.24, 2.45) is 0 Å². The van der Waals surface area contributed by atoms with Crippen LogP contribution in [-0.2, 0) is 47.8 Å². The van der Waals surface area contributed by atoms with E-state index in [0.29, 0.717) is 17.9 Å². The summed E-state index contributed by atoms with van der Waals surface area (Å²) in [6, 6.07) is 0. The second kappa shape index (κ2) is 14.1. The van der Waals surface area contributed by atoms with Gasteiger partial charge in [0, 0.05) is 12.8 Å². The number of rotatable bonds is 14. The van der Waals surface area contributed by atoms with Crippen LogP contribution in [0.25, 0.3) is 0 Å². The number of carbonyl (C=O) groups is 6. The van der Waals surface area contributed by atoms with Crippen molar-refractivity contribution in [3.05, 3.63) is 0 Å². The van der Waals surface area contributed by atoms with Crippen molar-refractivity contribution in [3.63, 3.8) is 0 Å². The zero-order valence-corrected chi connectivity index (χ0v) is 17.9. The van der Waals surface area contributed by atoms with E-state index in [1.807, 2.05) is 13.8 Å². The van der Waals surface area contributed by atoms with E-state index in [1.165, 1.54) is 0 Å². The average molecular weight is 443 g/mol. The Morgan fingerprint density at radius 2 is 1.39 bits per heavy atom. The Balaban J connectivity index is 2.54. The topological polar surface area (TPSA) is 143 Å². The summed E-state index contributed by atoms with van der Waals surface area (Å²) in [5.74, 6) is -4.82. The smallest absolute Gasteiger partial charge is 0.348 e. The van der Waals surface area contributed by atoms with Crippen LogP contribution in [0.5, 0.6) is 0 Å². The molecule has 1 heterocycles. The van der Waals surface area contributed by atoms with E-state index in [1.54, 1.807) is 0 Å². The number of unbranched alkanes of at least 4 members (excludes halogenated alkanes) is 2. The number of amides is 2. The molecule has 0 N–H and O–H groups in total. The summed E-state index contributed by atoms with van der Waals surface area (Å²) in [5.41, 5.74) is 0. The molecule has 1 aliphatic rings. The van der Waals surface area contributed by atoms with E-state index < -0.39 is 61.1 Å². The van der Waals surface area contributed by atoms with Crippen LogP contribution >= 0.6 is 0 Å². The number of hydroxylamine groups is 2. The van der Waals surface area contributed by atoms with Gasteiger partial charge in [0.15, 0.2) is 0 Å². The fourth-order valence-electron chi connectivity index (χ4n) is 2.35. The summed E-state index contributed by atoms with van der Waals surface area (Å²) in [5, 5.41) is 0.369. The third-order valence-corrected chi connectivity index (χ3v) is 4.12. The molecule has 0 aromatic rings. The molecule has 1 fully saturated rings. The largest absolute Gasteiger partial charge is 0.466 e. The molecule has 0 aromatic heterocycles. The average Bonchev–Trinajstić information content (AvgIpc) is 3.04. The molecular weight excluding hydrogens is 414 g/mol. The Morgan fingerprint density at radius 1 is 0.839 bits per heavy atom. The van der Waals surface area contributed by atoms with E-state index in [0.717, 1.165) is 12.8 Å². The predicted molar refractivity (Wildman–Crippen MR) is 103 cm³/mol. The highest BCUT2D eigenvalue weighted by molar-refractivity contribution is 6.01. The predicted octanol–water partition coefficient (Wildman–Crippen LogP) is 1.36. The standard InChI is InChI=1S/C20H29NO10/c1-3-5-11-28-19(26)13-14(20(27)29-12-6-4-2)30-17(24)9-10-18(25)31-21-15(22)7-8-16(21)23/h14H,3-13H2,1-2H3/t14-/m0/s1. The Morgan fingerprint density at radius 3 is 1.97 bits per heavy atom. The molecule has 0 spiro atoms. The summed E-state index contributed by atoms with van der Waals surface area (Å²) in [6.07, 6.45) is -0.245. The van der Waals surface area contributed by atoms with Crippen molar-refractivity contribution in [2.45, 2.75) is 77.7 Å². The van der Waals surface area contributed by atoms with Gasteiger partial charge in [0.25, 0.3) is 11.8 Å². The molecule has 1 rings (SSSR count). The molecule has 0 unspecified atom stereocenters. The van der Waals surface area contributed by atoms with Crippen molar-refractivity contribution in [2.75, 3.05) is 13.2 Å². The van der Waals surface area contributed by atoms with Gasteiger partial charge in [-0.15, -0.1) is 5.06 Å². The number of imide groups is 1. The lowest BCUT2D eigenvalue weighted by molar-refractivity contribution is -0.197. The maximum absolute atomic E-state index is 12.2. The Bertz CT molecular complexity index is 659. The minimum absolute atomic E-state index is 0.0513. The van der Waals surface area contributed by atoms with Crippen LogP contribution in [0.3, 0.4) is 0 Å². The van der Waals surface area contributed by atoms with Crippen LogP contribution in [0, 0.1) is 0 Å². The molecule has 0 radical (unpaired) electrons. The maximum Gasteiger partial charge on any atom is 0.348 e. The van der Waals surface area contributed by atoms with Gasteiger partial charge in [0.2, 0.25) is 6.10 Å².